The van der Waals surface area contributed by atoms with Crippen LogP contribution in [0, 0.1) is 5.92 Å². The van der Waals surface area contributed by atoms with Crippen LogP contribution < -0.4 is 5.31 Å². The topological polar surface area (TPSA) is 86.7 Å². The summed E-state index contributed by atoms with van der Waals surface area (Å²) < 4.78 is 22.3. The molecule has 0 spiro atoms. The van der Waals surface area contributed by atoms with E-state index in [1.54, 1.807) is 6.92 Å². The third kappa shape index (κ3) is 2.27. The molecule has 0 aliphatic heterocycles. The van der Waals surface area contributed by atoms with E-state index >= 15 is 0 Å². The van der Waals surface area contributed by atoms with E-state index in [1.807, 2.05) is 0 Å². The molecule has 0 saturated carbocycles. The van der Waals surface area contributed by atoms with Crippen molar-refractivity contribution < 1.29 is 9.26 Å². The lowest BCUT2D eigenvalue weighted by Crippen LogP contribution is -2.10. The highest BCUT2D eigenvalue weighted by molar-refractivity contribution is 5.81. The first-order chi connectivity index (χ1) is 8.89. The second-order valence-electron chi connectivity index (χ2n) is 3.50. The van der Waals surface area contributed by atoms with E-state index in [1.165, 1.54) is 12.7 Å². The Morgan fingerprint density at radius 2 is 2.50 bits per heavy atom. The molecular weight excluding hydrogens is 206 g/mol. The molecular formula is C10H15N5O. The van der Waals surface area contributed by atoms with Gasteiger partial charge in [-0.15, -0.1) is 0 Å². The predicted octanol–water partition coefficient (Wildman–Crippen LogP) is 0.783. The molecule has 1 unspecified atom stereocenters. The van der Waals surface area contributed by atoms with Crippen molar-refractivity contribution in [3.63, 3.8) is 0 Å². The van der Waals surface area contributed by atoms with Crippen LogP contribution in [0.1, 0.15) is 16.1 Å². The lowest BCUT2D eigenvalue weighted by Gasteiger charge is -2.09. The van der Waals surface area contributed by atoms with Gasteiger partial charge in [0.25, 0.3) is 0 Å². The average molecular weight is 224 g/mol. The lowest BCUT2D eigenvalue weighted by molar-refractivity contribution is 0.233. The van der Waals surface area contributed by atoms with Crippen molar-refractivity contribution in [2.45, 2.75) is 13.3 Å². The third-order valence-electron chi connectivity index (χ3n) is 2.25. The van der Waals surface area contributed by atoms with Gasteiger partial charge >= 0.3 is 0 Å². The van der Waals surface area contributed by atoms with E-state index in [0.29, 0.717) is 23.4 Å². The van der Waals surface area contributed by atoms with E-state index in [4.69, 9.17) is 4.15 Å². The highest BCUT2D eigenvalue weighted by Gasteiger charge is 2.05. The van der Waals surface area contributed by atoms with Gasteiger partial charge in [0.2, 0.25) is 0 Å². The van der Waals surface area contributed by atoms with E-state index in [9.17, 15) is 5.11 Å². The molecule has 2 aromatic rings. The molecule has 6 heteroatoms. The number of fused-ring (bicyclic) bond motifs is 1. The van der Waals surface area contributed by atoms with Crippen LogP contribution in [0.3, 0.4) is 0 Å². The first-order valence-electron chi connectivity index (χ1n) is 6.47. The van der Waals surface area contributed by atoms with Gasteiger partial charge < -0.3 is 15.4 Å². The summed E-state index contributed by atoms with van der Waals surface area (Å²) in [4.78, 5) is 14.8. The minimum atomic E-state index is -2.24. The zero-order valence-electron chi connectivity index (χ0n) is 11.9. The Balaban J connectivity index is 2.08. The van der Waals surface area contributed by atoms with Crippen LogP contribution in [0.5, 0.6) is 0 Å². The Hall–Kier alpha value is -1.69. The summed E-state index contributed by atoms with van der Waals surface area (Å²) >= 11 is 0. The van der Waals surface area contributed by atoms with Crippen LogP contribution in [0.4, 0.5) is 5.82 Å². The number of nitrogens with zero attached hydrogens (tertiary/aromatic N) is 3. The molecule has 2 rings (SSSR count). The van der Waals surface area contributed by atoms with Gasteiger partial charge in [0, 0.05) is 13.1 Å². The van der Waals surface area contributed by atoms with Crippen LogP contribution in [0.25, 0.3) is 11.2 Å². The summed E-state index contributed by atoms with van der Waals surface area (Å²) in [7, 11) is 0. The fourth-order valence-electron chi connectivity index (χ4n) is 1.30. The predicted molar refractivity (Wildman–Crippen MR) is 61.0 cm³/mol. The molecule has 0 aromatic carbocycles. The fourth-order valence-corrected chi connectivity index (χ4v) is 1.30. The summed E-state index contributed by atoms with van der Waals surface area (Å²) in [5.41, 5.74) is 1.05. The molecule has 86 valence electrons. The van der Waals surface area contributed by atoms with Gasteiger partial charge in [-0.2, -0.15) is 0 Å². The van der Waals surface area contributed by atoms with Gasteiger partial charge in [-0.05, 0) is 12.3 Å². The monoisotopic (exact) mass is 224 g/mol. The largest absolute Gasteiger partial charge is 0.396 e. The number of imidazole rings is 1. The molecule has 0 aliphatic carbocycles. The van der Waals surface area contributed by atoms with Gasteiger partial charge in [0.1, 0.15) is 11.8 Å². The van der Waals surface area contributed by atoms with E-state index in [2.05, 4.69) is 19.9 Å². The number of anilines is 1. The Bertz CT molecular complexity index is 555. The summed E-state index contributed by atoms with van der Waals surface area (Å²) in [6.45, 7) is -0.401. The van der Waals surface area contributed by atoms with Crippen LogP contribution in [0.15, 0.2) is 12.7 Å². The smallest absolute Gasteiger partial charge is 0.182 e. The van der Waals surface area contributed by atoms with Crippen LogP contribution in [-0.2, 0) is 0 Å². The first-order valence-corrected chi connectivity index (χ1v) is 5.02. The third-order valence-corrected chi connectivity index (χ3v) is 2.25. The quantitative estimate of drug-likeness (QED) is 0.698. The van der Waals surface area contributed by atoms with Crippen molar-refractivity contribution >= 4 is 17.0 Å². The molecule has 0 radical (unpaired) electrons. The molecule has 6 nitrogen and oxygen atoms in total. The number of aromatic nitrogens is 4. The molecule has 0 saturated heterocycles. The zero-order valence-corrected chi connectivity index (χ0v) is 8.88. The van der Waals surface area contributed by atoms with E-state index < -0.39 is 12.5 Å². The maximum absolute atomic E-state index is 9.22. The summed E-state index contributed by atoms with van der Waals surface area (Å²) in [5, 5.41) is 10.4. The van der Waals surface area contributed by atoms with Crippen LogP contribution in [-0.4, -0.2) is 38.1 Å². The molecule has 3 N–H and O–H groups in total. The van der Waals surface area contributed by atoms with Crippen molar-refractivity contribution in [2.24, 2.45) is 5.92 Å². The number of aromatic amines is 1. The van der Waals surface area contributed by atoms with Gasteiger partial charge in [0.05, 0.1) is 9.07 Å². The first kappa shape index (κ1) is 7.56. The molecule has 2 heterocycles. The number of aliphatic hydroxyl groups is 1. The second-order valence-corrected chi connectivity index (χ2v) is 3.50. The highest BCUT2D eigenvalue weighted by atomic mass is 16.3. The maximum atomic E-state index is 9.22. The van der Waals surface area contributed by atoms with Crippen molar-refractivity contribution in [1.82, 2.24) is 19.9 Å². The number of H-pyrrole nitrogens is 1. The molecule has 0 amide bonds. The molecule has 16 heavy (non-hydrogen) atoms. The molecule has 0 aliphatic rings. The van der Waals surface area contributed by atoms with Crippen molar-refractivity contribution in [3.8, 4) is 0 Å². The maximum Gasteiger partial charge on any atom is 0.182 e. The Kier molecular flexibility index (Phi) is 2.31. The van der Waals surface area contributed by atoms with Crippen molar-refractivity contribution in [2.75, 3.05) is 18.4 Å². The van der Waals surface area contributed by atoms with Crippen LogP contribution >= 0.6 is 0 Å². The minimum absolute atomic E-state index is 0.242. The van der Waals surface area contributed by atoms with E-state index in [-0.39, 0.29) is 6.54 Å². The van der Waals surface area contributed by atoms with Gasteiger partial charge in [-0.1, -0.05) is 6.92 Å². The van der Waals surface area contributed by atoms with Crippen molar-refractivity contribution in [3.05, 3.63) is 12.7 Å². The van der Waals surface area contributed by atoms with Gasteiger partial charge in [-0.3, -0.25) is 0 Å². The Morgan fingerprint density at radius 1 is 1.62 bits per heavy atom. The number of hydrogen-bond donors (Lipinski definition) is 3. The summed E-state index contributed by atoms with van der Waals surface area (Å²) in [6, 6.07) is 0. The van der Waals surface area contributed by atoms with Gasteiger partial charge in [0.15, 0.2) is 12.9 Å². The average Bonchev–Trinajstić information content (AvgIpc) is 2.82. The molecule has 1 atom stereocenters. The summed E-state index contributed by atoms with van der Waals surface area (Å²) in [5.74, 6) is -0.187. The zero-order chi connectivity index (χ0) is 14.0. The SMILES string of the molecule is [2H]N(CCC(C)C([2H])([2H])O)c1ncnc2nc[nH]c12. The molecule has 0 bridgehead atoms. The van der Waals surface area contributed by atoms with Crippen LogP contribution in [0.2, 0.25) is 1.41 Å². The lowest BCUT2D eigenvalue weighted by atomic mass is 10.1. The normalized spacial score (nSPS) is 16.5. The molecule has 2 aromatic heterocycles. The number of nitrogens with one attached hydrogen (secondary N) is 2. The number of hydrogen-bond acceptors (Lipinski definition) is 5. The Morgan fingerprint density at radius 3 is 3.31 bits per heavy atom. The summed E-state index contributed by atoms with van der Waals surface area (Å²) in [6.07, 6.45) is 3.13. The van der Waals surface area contributed by atoms with E-state index in [0.717, 1.165) is 5.31 Å². The van der Waals surface area contributed by atoms with Gasteiger partial charge in [-0.25, -0.2) is 15.0 Å². The second kappa shape index (κ2) is 4.89. The van der Waals surface area contributed by atoms with Crippen molar-refractivity contribution in [1.29, 1.82) is 0 Å². The Labute approximate surface area is 97.4 Å². The minimum Gasteiger partial charge on any atom is -0.396 e. The molecule has 0 fully saturated rings. The number of rotatable bonds is 5. The highest BCUT2D eigenvalue weighted by Crippen LogP contribution is 2.14. The fraction of sp³-hybridized carbons (Fsp3) is 0.500. The standard InChI is InChI=1S/C10H15N5O/c1-7(4-16)2-3-11-9-8-10(13-5-12-8)15-6-14-9/h5-7,16H,2-4H2,1H3,(H2,11,12,13,14,15)/i4D2/hD.